The van der Waals surface area contributed by atoms with Crippen molar-refractivity contribution in [1.82, 2.24) is 0 Å². The number of nitriles is 2. The second-order valence-corrected chi connectivity index (χ2v) is 14.3. The van der Waals surface area contributed by atoms with Gasteiger partial charge < -0.3 is 0 Å². The first-order chi connectivity index (χ1) is 32.9. The number of Topliss-reactive ketones (excluding diaryl/α,β-unsaturated/α-hetero) is 1. The lowest BCUT2D eigenvalue weighted by molar-refractivity contribution is -0.662. The molecule has 70 heavy (non-hydrogen) atoms. The first-order valence-electron chi connectivity index (χ1n) is 18.7. The summed E-state index contributed by atoms with van der Waals surface area (Å²) in [6, 6.07) is 24.0. The zero-order valence-corrected chi connectivity index (χ0v) is 33.5. The van der Waals surface area contributed by atoms with Crippen LogP contribution < -0.4 is 26.4 Å². The predicted octanol–water partition coefficient (Wildman–Crippen LogP) is 9.20. The number of para-hydroxylation sites is 1. The topological polar surface area (TPSA) is 68.5 Å². The third-order valence-corrected chi connectivity index (χ3v) is 10.7. The van der Waals surface area contributed by atoms with Crippen LogP contribution in [-0.2, 0) is 6.54 Å². The summed E-state index contributed by atoms with van der Waals surface area (Å²) in [5.41, 5.74) is -12.9. The minimum absolute atomic E-state index is 0.158. The number of carbonyl (C=O) groups is 1. The summed E-state index contributed by atoms with van der Waals surface area (Å²) in [6.45, 7) is 0.158. The van der Waals surface area contributed by atoms with Crippen molar-refractivity contribution in [2.24, 2.45) is 0 Å². The van der Waals surface area contributed by atoms with E-state index in [-0.39, 0.29) is 23.5 Å². The molecule has 7 rings (SSSR count). The third-order valence-electron chi connectivity index (χ3n) is 10.7. The van der Waals surface area contributed by atoms with E-state index in [0.29, 0.717) is 5.56 Å². The highest BCUT2D eigenvalue weighted by atomic mass is 19.2. The third kappa shape index (κ3) is 7.99. The molecule has 6 aromatic carbocycles. The number of rotatable bonds is 8. The predicted molar refractivity (Wildman–Crippen MR) is 202 cm³/mol. The molecule has 7 aromatic rings. The minimum Gasteiger partial charge on any atom is -0.289 e. The maximum atomic E-state index is 15.4. The average Bonchev–Trinajstić information content (AvgIpc) is 3.36. The molecule has 0 N–H and O–H groups in total. The van der Waals surface area contributed by atoms with E-state index in [4.69, 9.17) is 0 Å². The highest BCUT2D eigenvalue weighted by molar-refractivity contribution is 7.20. The van der Waals surface area contributed by atoms with E-state index in [2.05, 4.69) is 0 Å². The number of pyridine rings is 1. The normalized spacial score (nSPS) is 11.2. The fourth-order valence-corrected chi connectivity index (χ4v) is 7.59. The quantitative estimate of drug-likeness (QED) is 0.0223. The van der Waals surface area contributed by atoms with Gasteiger partial charge in [0, 0.05) is 23.1 Å². The van der Waals surface area contributed by atoms with Crippen molar-refractivity contribution in [3.63, 3.8) is 0 Å². The Kier molecular flexibility index (Phi) is 14.2. The monoisotopic (exact) mass is 1000 g/mol. The van der Waals surface area contributed by atoms with Crippen molar-refractivity contribution >= 4 is 44.7 Å². The minimum atomic E-state index is -7.22. The largest absolute Gasteiger partial charge is 0.289 e. The number of hydrogen-bond donors (Lipinski definition) is 0. The summed E-state index contributed by atoms with van der Waals surface area (Å²) in [5.74, 6) is -71.7. The number of halogens is 20. The summed E-state index contributed by atoms with van der Waals surface area (Å²) in [4.78, 5) is 12.9. The van der Waals surface area contributed by atoms with E-state index in [1.807, 2.05) is 65.4 Å². The fourth-order valence-electron chi connectivity index (χ4n) is 7.59. The van der Waals surface area contributed by atoms with Crippen LogP contribution in [0.4, 0.5) is 87.8 Å². The van der Waals surface area contributed by atoms with Gasteiger partial charge in [-0.1, -0.05) is 42.5 Å². The first-order valence-corrected chi connectivity index (χ1v) is 18.7. The fraction of sp³-hybridized carbons (Fsp3) is 0.0222. The lowest BCUT2D eigenvalue weighted by atomic mass is 9.12. The van der Waals surface area contributed by atoms with E-state index >= 15 is 35.1 Å². The second kappa shape index (κ2) is 19.4. The number of aromatic nitrogens is 1. The molecular weight excluding hydrogens is 989 g/mol. The zero-order valence-electron chi connectivity index (χ0n) is 33.5. The Balaban J connectivity index is 0.000000270. The van der Waals surface area contributed by atoms with Crippen molar-refractivity contribution in [1.29, 1.82) is 10.5 Å². The van der Waals surface area contributed by atoms with Crippen LogP contribution >= 0.6 is 0 Å². The van der Waals surface area contributed by atoms with Gasteiger partial charge in [0.25, 0.3) is 0 Å². The molecule has 0 bridgehead atoms. The van der Waals surface area contributed by atoms with Crippen LogP contribution in [0.3, 0.4) is 0 Å². The van der Waals surface area contributed by atoms with Crippen molar-refractivity contribution < 1.29 is 97.2 Å². The summed E-state index contributed by atoms with van der Waals surface area (Å²) in [5, 5.41) is 19.6. The molecule has 1 aromatic heterocycles. The standard InChI is InChI=1S/C24BF20.C21H14N3O/c26-5-1(6(27)14(35)21(42)13(5)34)25(2-7(28)15(36)22(43)16(37)8(2)29,3-9(30)17(38)23(44)18(39)10(3)31)4-11(32)19(40)24(45)20(41)12(4)33;22-13-18(14-23)19(21(25)17-8-2-1-3-9-17)15-24-12-6-10-16-7-4-5-11-20(16)24/h;1-12H,15H2/q-1;+1. The molecule has 25 heteroatoms. The van der Waals surface area contributed by atoms with Crippen LogP contribution in [0.2, 0.25) is 0 Å². The molecule has 358 valence electrons. The summed E-state index contributed by atoms with van der Waals surface area (Å²) < 4.78 is 296. The molecular formula is C45H14BF20N3O. The molecule has 0 unspecified atom stereocenters. The van der Waals surface area contributed by atoms with Gasteiger partial charge in [0.1, 0.15) is 70.4 Å². The Morgan fingerprint density at radius 1 is 0.400 bits per heavy atom. The summed E-state index contributed by atoms with van der Waals surface area (Å²) in [7, 11) is 0. The molecule has 0 radical (unpaired) electrons. The molecule has 0 saturated carbocycles. The van der Waals surface area contributed by atoms with Crippen LogP contribution in [0.25, 0.3) is 10.9 Å². The maximum Gasteiger partial charge on any atom is 0.212 e. The van der Waals surface area contributed by atoms with E-state index in [9.17, 15) is 68.0 Å². The van der Waals surface area contributed by atoms with Gasteiger partial charge in [-0.15, -0.1) is 21.9 Å². The number of ketones is 1. The van der Waals surface area contributed by atoms with E-state index in [1.54, 1.807) is 24.3 Å². The lowest BCUT2D eigenvalue weighted by Gasteiger charge is -2.44. The number of carbonyl (C=O) groups excluding carboxylic acids is 1. The SMILES string of the molecule is Fc1c(F)c(F)c([B-](c2c(F)c(F)c(F)c(F)c2F)(c2c(F)c(F)c(F)c(F)c2F)c2c(F)c(F)c(F)c(F)c2F)c(F)c1F.N#CC(C#N)=C(C[n+]1cccc2ccccc21)C(=O)c1ccccc1. The van der Waals surface area contributed by atoms with Crippen LogP contribution in [0, 0.1) is 139 Å². The summed E-state index contributed by atoms with van der Waals surface area (Å²) >= 11 is 0. The van der Waals surface area contributed by atoms with Crippen LogP contribution in [0.5, 0.6) is 0 Å². The van der Waals surface area contributed by atoms with Gasteiger partial charge in [-0.05, 0) is 12.1 Å². The molecule has 4 nitrogen and oxygen atoms in total. The van der Waals surface area contributed by atoms with Crippen molar-refractivity contribution in [2.45, 2.75) is 6.54 Å². The van der Waals surface area contributed by atoms with Gasteiger partial charge >= 0.3 is 0 Å². The van der Waals surface area contributed by atoms with E-state index < -0.39 is 144 Å². The molecule has 0 spiro atoms. The smallest absolute Gasteiger partial charge is 0.212 e. The molecule has 0 aliphatic carbocycles. The summed E-state index contributed by atoms with van der Waals surface area (Å²) in [6.07, 6.45) is -5.38. The number of benzene rings is 6. The highest BCUT2D eigenvalue weighted by Gasteiger charge is 2.52. The Bertz CT molecular complexity index is 3060. The maximum absolute atomic E-state index is 15.4. The number of nitrogens with zero attached hydrogens (tertiary/aromatic N) is 3. The van der Waals surface area contributed by atoms with Gasteiger partial charge in [0.2, 0.25) is 5.52 Å². The zero-order chi connectivity index (χ0) is 52.0. The molecule has 0 saturated heterocycles. The Morgan fingerprint density at radius 2 is 0.686 bits per heavy atom. The van der Waals surface area contributed by atoms with Gasteiger partial charge in [0.05, 0.1) is 5.57 Å². The van der Waals surface area contributed by atoms with Gasteiger partial charge in [-0.25, -0.2) is 87.8 Å². The van der Waals surface area contributed by atoms with Crippen LogP contribution in [0.15, 0.2) is 84.1 Å². The molecule has 0 fully saturated rings. The highest BCUT2D eigenvalue weighted by Crippen LogP contribution is 2.31. The van der Waals surface area contributed by atoms with Gasteiger partial charge in [0.15, 0.2) is 88.3 Å². The van der Waals surface area contributed by atoms with Crippen LogP contribution in [0.1, 0.15) is 10.4 Å². The molecule has 0 atom stereocenters. The van der Waals surface area contributed by atoms with E-state index in [1.165, 1.54) is 0 Å². The van der Waals surface area contributed by atoms with Gasteiger partial charge in [-0.2, -0.15) is 15.1 Å². The van der Waals surface area contributed by atoms with Crippen molar-refractivity contribution in [2.75, 3.05) is 0 Å². The number of fused-ring (bicyclic) bond motifs is 1. The second-order valence-electron chi connectivity index (χ2n) is 14.3. The number of hydrogen-bond acceptors (Lipinski definition) is 3. The van der Waals surface area contributed by atoms with Crippen molar-refractivity contribution in [3.8, 4) is 12.1 Å². The Labute approximate surface area is 376 Å². The Morgan fingerprint density at radius 3 is 1.01 bits per heavy atom. The van der Waals surface area contributed by atoms with E-state index in [0.717, 1.165) is 10.9 Å². The van der Waals surface area contributed by atoms with Crippen molar-refractivity contribution in [3.05, 3.63) is 206 Å². The van der Waals surface area contributed by atoms with Crippen LogP contribution in [-0.4, -0.2) is 11.9 Å². The average molecular weight is 1000 g/mol. The number of allylic oxidation sites excluding steroid dienone is 2. The molecule has 0 amide bonds. The lowest BCUT2D eigenvalue weighted by Crippen LogP contribution is -2.81. The molecule has 0 aliphatic heterocycles. The molecule has 0 aliphatic rings. The Hall–Kier alpha value is -8.22. The van der Waals surface area contributed by atoms with Gasteiger partial charge in [-0.3, -0.25) is 4.79 Å². The first kappa shape index (κ1) is 51.2. The molecule has 1 heterocycles.